The van der Waals surface area contributed by atoms with Crippen LogP contribution in [0.2, 0.25) is 0 Å². The van der Waals surface area contributed by atoms with E-state index in [0.29, 0.717) is 41.0 Å². The Labute approximate surface area is 208 Å². The van der Waals surface area contributed by atoms with E-state index >= 15 is 0 Å². The third-order valence-electron chi connectivity index (χ3n) is 5.57. The van der Waals surface area contributed by atoms with Gasteiger partial charge < -0.3 is 9.47 Å². The maximum atomic E-state index is 13.4. The number of Topliss-reactive ketones (excluding diaryl/α,β-unsaturated/α-hetero) is 1. The van der Waals surface area contributed by atoms with Crippen molar-refractivity contribution in [2.75, 3.05) is 18.7 Å². The van der Waals surface area contributed by atoms with Gasteiger partial charge in [-0.3, -0.25) is 9.59 Å². The summed E-state index contributed by atoms with van der Waals surface area (Å²) in [7, 11) is 1.62. The van der Waals surface area contributed by atoms with Crippen molar-refractivity contribution >= 4 is 29.1 Å². The number of nitrogens with zero attached hydrogens (tertiary/aromatic N) is 4. The van der Waals surface area contributed by atoms with Crippen LogP contribution in [0.15, 0.2) is 58.6 Å². The van der Waals surface area contributed by atoms with Crippen molar-refractivity contribution in [3.05, 3.63) is 70.4 Å². The number of hydrogen-bond acceptors (Lipinski definition) is 7. The SMILES string of the molecule is CCOc1ccc(C2=C(C(=O)CC)Sc3nnc(Cc4ccc(OC)cc4)n3N2C(=O)CC)cc1. The molecular formula is C26H28N4O4S. The summed E-state index contributed by atoms with van der Waals surface area (Å²) < 4.78 is 12.6. The number of benzene rings is 2. The Morgan fingerprint density at radius 1 is 0.914 bits per heavy atom. The molecule has 8 nitrogen and oxygen atoms in total. The minimum absolute atomic E-state index is 0.0567. The molecule has 0 N–H and O–H groups in total. The minimum Gasteiger partial charge on any atom is -0.497 e. The van der Waals surface area contributed by atoms with E-state index in [2.05, 4.69) is 10.2 Å². The summed E-state index contributed by atoms with van der Waals surface area (Å²) >= 11 is 1.25. The second-order valence-electron chi connectivity index (χ2n) is 7.81. The molecule has 182 valence electrons. The van der Waals surface area contributed by atoms with Gasteiger partial charge in [-0.2, -0.15) is 0 Å². The van der Waals surface area contributed by atoms with Gasteiger partial charge in [-0.1, -0.05) is 26.0 Å². The van der Waals surface area contributed by atoms with Crippen LogP contribution in [0.5, 0.6) is 11.5 Å². The van der Waals surface area contributed by atoms with Gasteiger partial charge in [0.15, 0.2) is 11.6 Å². The van der Waals surface area contributed by atoms with E-state index < -0.39 is 0 Å². The Morgan fingerprint density at radius 2 is 1.60 bits per heavy atom. The summed E-state index contributed by atoms with van der Waals surface area (Å²) in [5.74, 6) is 1.87. The zero-order valence-corrected chi connectivity index (χ0v) is 21.1. The van der Waals surface area contributed by atoms with Crippen molar-refractivity contribution in [1.29, 1.82) is 0 Å². The standard InChI is InChI=1S/C26H28N4O4S/c1-5-21(31)25-24(18-10-14-20(15-11-18)34-7-3)30(23(32)6-2)29-22(27-28-26(29)35-25)16-17-8-12-19(33-4)13-9-17/h8-15H,5-7,16H2,1-4H3. The molecule has 35 heavy (non-hydrogen) atoms. The largest absolute Gasteiger partial charge is 0.497 e. The van der Waals surface area contributed by atoms with Gasteiger partial charge in [0.05, 0.1) is 24.3 Å². The number of rotatable bonds is 9. The minimum atomic E-state index is -0.160. The van der Waals surface area contributed by atoms with Gasteiger partial charge in [-0.15, -0.1) is 10.2 Å². The molecule has 1 aromatic heterocycles. The molecule has 0 atom stereocenters. The van der Waals surface area contributed by atoms with E-state index in [9.17, 15) is 9.59 Å². The highest BCUT2D eigenvalue weighted by Crippen LogP contribution is 2.41. The molecule has 0 unspecified atom stereocenters. The number of amides is 1. The highest BCUT2D eigenvalue weighted by Gasteiger charge is 2.36. The fraction of sp³-hybridized carbons (Fsp3) is 0.308. The topological polar surface area (TPSA) is 86.6 Å². The normalized spacial score (nSPS) is 13.0. The van der Waals surface area contributed by atoms with Crippen LogP contribution in [0, 0.1) is 0 Å². The number of aromatic nitrogens is 3. The predicted molar refractivity (Wildman–Crippen MR) is 135 cm³/mol. The number of fused-ring (bicyclic) bond motifs is 1. The van der Waals surface area contributed by atoms with Crippen LogP contribution in [0.1, 0.15) is 50.6 Å². The van der Waals surface area contributed by atoms with Crippen LogP contribution in [-0.4, -0.2) is 40.3 Å². The van der Waals surface area contributed by atoms with Crippen molar-refractivity contribution < 1.29 is 19.1 Å². The highest BCUT2D eigenvalue weighted by atomic mass is 32.2. The van der Waals surface area contributed by atoms with Gasteiger partial charge in [0.2, 0.25) is 11.1 Å². The molecular weight excluding hydrogens is 464 g/mol. The lowest BCUT2D eigenvalue weighted by Gasteiger charge is -2.33. The van der Waals surface area contributed by atoms with Crippen LogP contribution >= 0.6 is 11.8 Å². The number of carbonyl (C=O) groups excluding carboxylic acids is 2. The van der Waals surface area contributed by atoms with E-state index in [1.165, 1.54) is 11.8 Å². The van der Waals surface area contributed by atoms with Crippen molar-refractivity contribution in [3.8, 4) is 11.5 Å². The smallest absolute Gasteiger partial charge is 0.246 e. The third-order valence-corrected chi connectivity index (χ3v) is 6.63. The molecule has 9 heteroatoms. The van der Waals surface area contributed by atoms with Gasteiger partial charge >= 0.3 is 0 Å². The molecule has 4 rings (SSSR count). The zero-order valence-electron chi connectivity index (χ0n) is 20.3. The monoisotopic (exact) mass is 492 g/mol. The molecule has 0 saturated heterocycles. The molecule has 1 aliphatic heterocycles. The molecule has 3 aromatic rings. The third kappa shape index (κ3) is 4.95. The second kappa shape index (κ2) is 10.8. The Balaban J connectivity index is 1.83. The van der Waals surface area contributed by atoms with Gasteiger partial charge in [0, 0.05) is 24.8 Å². The van der Waals surface area contributed by atoms with Crippen molar-refractivity contribution in [2.45, 2.75) is 45.2 Å². The molecule has 0 aliphatic carbocycles. The van der Waals surface area contributed by atoms with E-state index in [-0.39, 0.29) is 18.1 Å². The summed E-state index contributed by atoms with van der Waals surface area (Å²) in [6, 6.07) is 15.1. The van der Waals surface area contributed by atoms with E-state index in [1.54, 1.807) is 23.7 Å². The Kier molecular flexibility index (Phi) is 7.55. The molecule has 0 fully saturated rings. The molecule has 2 aromatic carbocycles. The molecule has 1 amide bonds. The van der Waals surface area contributed by atoms with Crippen molar-refractivity contribution in [3.63, 3.8) is 0 Å². The summed E-state index contributed by atoms with van der Waals surface area (Å²) in [6.07, 6.45) is 1.01. The fourth-order valence-electron chi connectivity index (χ4n) is 3.80. The first-order valence-electron chi connectivity index (χ1n) is 11.6. The van der Waals surface area contributed by atoms with Gasteiger partial charge in [0.1, 0.15) is 11.5 Å². The molecule has 0 bridgehead atoms. The maximum Gasteiger partial charge on any atom is 0.246 e. The molecule has 1 aliphatic rings. The van der Waals surface area contributed by atoms with E-state index in [0.717, 1.165) is 22.6 Å². The van der Waals surface area contributed by atoms with Gasteiger partial charge in [0.25, 0.3) is 0 Å². The second-order valence-corrected chi connectivity index (χ2v) is 8.79. The summed E-state index contributed by atoms with van der Waals surface area (Å²) in [6.45, 7) is 6.09. The maximum absolute atomic E-state index is 13.4. The lowest BCUT2D eigenvalue weighted by atomic mass is 10.1. The van der Waals surface area contributed by atoms with Crippen LogP contribution in [0.3, 0.4) is 0 Å². The van der Waals surface area contributed by atoms with Crippen LogP contribution in [0.25, 0.3) is 5.70 Å². The summed E-state index contributed by atoms with van der Waals surface area (Å²) in [4.78, 5) is 26.9. The first-order chi connectivity index (χ1) is 17.0. The average molecular weight is 493 g/mol. The number of hydrogen-bond donors (Lipinski definition) is 0. The molecule has 0 radical (unpaired) electrons. The summed E-state index contributed by atoms with van der Waals surface area (Å²) in [5.41, 5.74) is 2.28. The number of allylic oxidation sites excluding steroid dienone is 1. The fourth-order valence-corrected chi connectivity index (χ4v) is 4.89. The lowest BCUT2D eigenvalue weighted by molar-refractivity contribution is -0.119. The predicted octanol–water partition coefficient (Wildman–Crippen LogP) is 4.60. The highest BCUT2D eigenvalue weighted by molar-refractivity contribution is 8.04. The number of methoxy groups -OCH3 is 1. The quantitative estimate of drug-likeness (QED) is 0.431. The molecule has 0 spiro atoms. The Bertz CT molecular complexity index is 1250. The first-order valence-corrected chi connectivity index (χ1v) is 12.4. The molecule has 0 saturated carbocycles. The number of ether oxygens (including phenoxy) is 2. The number of carbonyl (C=O) groups is 2. The van der Waals surface area contributed by atoms with E-state index in [1.807, 2.05) is 62.4 Å². The zero-order chi connectivity index (χ0) is 24.9. The Hall–Kier alpha value is -3.59. The first kappa shape index (κ1) is 24.5. The van der Waals surface area contributed by atoms with Crippen LogP contribution in [0.4, 0.5) is 0 Å². The number of ketones is 1. The summed E-state index contributed by atoms with van der Waals surface area (Å²) in [5, 5.41) is 10.8. The van der Waals surface area contributed by atoms with Gasteiger partial charge in [-0.05, 0) is 60.6 Å². The van der Waals surface area contributed by atoms with Crippen LogP contribution < -0.4 is 14.5 Å². The average Bonchev–Trinajstić information content (AvgIpc) is 3.30. The van der Waals surface area contributed by atoms with Crippen molar-refractivity contribution in [1.82, 2.24) is 14.9 Å². The number of thioether (sulfide) groups is 1. The molecule has 2 heterocycles. The Morgan fingerprint density at radius 3 is 2.20 bits per heavy atom. The van der Waals surface area contributed by atoms with Crippen molar-refractivity contribution in [2.24, 2.45) is 0 Å². The van der Waals surface area contributed by atoms with E-state index in [4.69, 9.17) is 9.47 Å². The van der Waals surface area contributed by atoms with Crippen LogP contribution in [-0.2, 0) is 16.0 Å². The van der Waals surface area contributed by atoms with Gasteiger partial charge in [-0.25, -0.2) is 9.69 Å². The lowest BCUT2D eigenvalue weighted by Crippen LogP contribution is -2.43.